The number of hydrogen-bond donors (Lipinski definition) is 0. The molecular weight excluding hydrogens is 481 g/mol. The first-order valence-corrected chi connectivity index (χ1v) is 14.4. The Bertz CT molecular complexity index is 1290. The number of rotatable bonds is 7. The van der Waals surface area contributed by atoms with Crippen LogP contribution in [0.3, 0.4) is 0 Å². The first kappa shape index (κ1) is 27.3. The van der Waals surface area contributed by atoms with Crippen LogP contribution in [0.15, 0.2) is 53.8 Å². The second-order valence-electron chi connectivity index (χ2n) is 9.98. The van der Waals surface area contributed by atoms with Crippen molar-refractivity contribution in [2.45, 2.75) is 72.3 Å². The van der Waals surface area contributed by atoms with Gasteiger partial charge in [0.05, 0.1) is 18.3 Å². The molecule has 3 nitrogen and oxygen atoms in total. The van der Waals surface area contributed by atoms with E-state index in [2.05, 4.69) is 63.9 Å². The van der Waals surface area contributed by atoms with Crippen LogP contribution in [0.1, 0.15) is 79.8 Å². The van der Waals surface area contributed by atoms with Crippen molar-refractivity contribution in [3.63, 3.8) is 0 Å². The Morgan fingerprint density at radius 1 is 1.30 bits per heavy atom. The Balaban J connectivity index is 2.12. The number of carbonyl (C=O) groups excluding carboxylic acids is 1. The molecule has 1 saturated heterocycles. The highest BCUT2D eigenvalue weighted by Crippen LogP contribution is 2.54. The van der Waals surface area contributed by atoms with Gasteiger partial charge in [0.25, 0.3) is 0 Å². The topological polar surface area (TPSA) is 29.5 Å². The standard InChI is InChI=1S/C32H38FNO2S/c1-8-9-12-25(19(2)24-14-11-18-36-23(24)6)29-21(4)30-31-27(13-10-15-28(31)33)22(5)34(37-7)32(30)20(3)26(29)16-17-35/h9-10,12-13,15,17,22,25H,6,8,11,14,16,18H2,1-5,7H3/b12-9?,24-19-. The number of aldehydes is 1. The number of ether oxygens (including phenoxy) is 1. The maximum Gasteiger partial charge on any atom is 0.131 e. The predicted octanol–water partition coefficient (Wildman–Crippen LogP) is 8.70. The summed E-state index contributed by atoms with van der Waals surface area (Å²) in [5, 5.41) is 0. The van der Waals surface area contributed by atoms with Crippen LogP contribution in [-0.2, 0) is 16.0 Å². The van der Waals surface area contributed by atoms with E-state index < -0.39 is 0 Å². The van der Waals surface area contributed by atoms with Gasteiger partial charge in [-0.2, -0.15) is 0 Å². The van der Waals surface area contributed by atoms with Crippen molar-refractivity contribution in [2.24, 2.45) is 0 Å². The van der Waals surface area contributed by atoms with E-state index in [1.165, 1.54) is 5.57 Å². The first-order chi connectivity index (χ1) is 17.8. The molecule has 0 N–H and O–H groups in total. The number of halogens is 1. The third-order valence-corrected chi connectivity index (χ3v) is 8.84. The number of anilines is 1. The van der Waals surface area contributed by atoms with Crippen LogP contribution in [0.2, 0.25) is 0 Å². The lowest BCUT2D eigenvalue weighted by atomic mass is 9.75. The van der Waals surface area contributed by atoms with E-state index in [0.29, 0.717) is 18.6 Å². The van der Waals surface area contributed by atoms with Gasteiger partial charge in [0, 0.05) is 29.7 Å². The van der Waals surface area contributed by atoms with Crippen LogP contribution in [0.4, 0.5) is 10.1 Å². The minimum atomic E-state index is -0.201. The Morgan fingerprint density at radius 3 is 2.70 bits per heavy atom. The molecule has 1 fully saturated rings. The molecule has 2 unspecified atom stereocenters. The van der Waals surface area contributed by atoms with Gasteiger partial charge in [-0.3, -0.25) is 0 Å². The summed E-state index contributed by atoms with van der Waals surface area (Å²) in [6.07, 6.45) is 10.6. The third kappa shape index (κ3) is 4.67. The molecule has 2 atom stereocenters. The van der Waals surface area contributed by atoms with Crippen molar-refractivity contribution in [3.05, 3.63) is 87.5 Å². The Kier molecular flexibility index (Phi) is 8.33. The molecule has 2 aliphatic rings. The van der Waals surface area contributed by atoms with Gasteiger partial charge >= 0.3 is 0 Å². The van der Waals surface area contributed by atoms with Gasteiger partial charge < -0.3 is 13.8 Å². The van der Waals surface area contributed by atoms with Gasteiger partial charge in [-0.1, -0.05) is 55.3 Å². The minimum absolute atomic E-state index is 0.00332. The van der Waals surface area contributed by atoms with Crippen LogP contribution in [-0.4, -0.2) is 19.1 Å². The molecule has 0 saturated carbocycles. The lowest BCUT2D eigenvalue weighted by molar-refractivity contribution is -0.107. The normalized spacial score (nSPS) is 19.4. The van der Waals surface area contributed by atoms with Crippen molar-refractivity contribution in [2.75, 3.05) is 17.2 Å². The summed E-state index contributed by atoms with van der Waals surface area (Å²) in [5.74, 6) is 0.471. The molecule has 0 amide bonds. The molecule has 37 heavy (non-hydrogen) atoms. The fourth-order valence-electron chi connectivity index (χ4n) is 6.15. The molecule has 2 aromatic carbocycles. The van der Waals surface area contributed by atoms with Crippen molar-refractivity contribution in [3.8, 4) is 11.1 Å². The van der Waals surface area contributed by atoms with Crippen molar-refractivity contribution >= 4 is 23.9 Å². The van der Waals surface area contributed by atoms with E-state index in [1.54, 1.807) is 24.1 Å². The summed E-state index contributed by atoms with van der Waals surface area (Å²) in [6, 6.07) is 5.40. The third-order valence-electron chi connectivity index (χ3n) is 7.95. The first-order valence-electron chi connectivity index (χ1n) is 13.2. The summed E-state index contributed by atoms with van der Waals surface area (Å²) >= 11 is 1.64. The van der Waals surface area contributed by atoms with Crippen molar-refractivity contribution in [1.29, 1.82) is 0 Å². The second kappa shape index (κ2) is 11.3. The molecular formula is C32H38FNO2S. The zero-order valence-electron chi connectivity index (χ0n) is 22.9. The summed E-state index contributed by atoms with van der Waals surface area (Å²) in [4.78, 5) is 12.0. The quantitative estimate of drug-likeness (QED) is 0.208. The Labute approximate surface area is 225 Å². The van der Waals surface area contributed by atoms with Crippen molar-refractivity contribution in [1.82, 2.24) is 0 Å². The maximum absolute atomic E-state index is 15.6. The maximum atomic E-state index is 15.6. The Morgan fingerprint density at radius 2 is 2.05 bits per heavy atom. The molecule has 0 radical (unpaired) electrons. The monoisotopic (exact) mass is 519 g/mol. The Hall–Kier alpha value is -2.79. The van der Waals surface area contributed by atoms with E-state index in [9.17, 15) is 4.79 Å². The highest BCUT2D eigenvalue weighted by atomic mass is 32.2. The van der Waals surface area contributed by atoms with E-state index in [0.717, 1.165) is 75.9 Å². The molecule has 0 aliphatic carbocycles. The van der Waals surface area contributed by atoms with Crippen LogP contribution in [0.5, 0.6) is 0 Å². The van der Waals surface area contributed by atoms with Gasteiger partial charge in [0.2, 0.25) is 0 Å². The number of fused-ring (bicyclic) bond motifs is 3. The highest BCUT2D eigenvalue weighted by molar-refractivity contribution is 8.00. The van der Waals surface area contributed by atoms with Crippen LogP contribution in [0.25, 0.3) is 11.1 Å². The summed E-state index contributed by atoms with van der Waals surface area (Å²) in [6.45, 7) is 15.5. The molecule has 5 heteroatoms. The van der Waals surface area contributed by atoms with Gasteiger partial charge in [0.15, 0.2) is 0 Å². The smallest absolute Gasteiger partial charge is 0.131 e. The van der Waals surface area contributed by atoms with E-state index >= 15 is 4.39 Å². The molecule has 0 aromatic heterocycles. The molecule has 2 aliphatic heterocycles. The summed E-state index contributed by atoms with van der Waals surface area (Å²) in [7, 11) is 0. The lowest BCUT2D eigenvalue weighted by Gasteiger charge is -2.40. The van der Waals surface area contributed by atoms with Crippen LogP contribution in [0, 0.1) is 19.7 Å². The number of nitrogens with zero attached hydrogens (tertiary/aromatic N) is 1. The average molecular weight is 520 g/mol. The fourth-order valence-corrected chi connectivity index (χ4v) is 6.99. The SMILES string of the molecule is C=C1OCCC/C1=C(\C)C(C=CCC)c1c(C)c2c(c(C)c1CC=O)N(SC)C(C)c1cccc(F)c1-2. The number of benzene rings is 2. The fraction of sp³-hybridized carbons (Fsp3) is 0.406. The van der Waals surface area contributed by atoms with Gasteiger partial charge in [0.1, 0.15) is 17.9 Å². The average Bonchev–Trinajstić information content (AvgIpc) is 2.89. The number of hydrogen-bond acceptors (Lipinski definition) is 4. The van der Waals surface area contributed by atoms with Gasteiger partial charge in [-0.25, -0.2) is 4.39 Å². The van der Waals surface area contributed by atoms with Gasteiger partial charge in [-0.05, 0) is 86.4 Å². The van der Waals surface area contributed by atoms with Crippen LogP contribution >= 0.6 is 11.9 Å². The number of allylic oxidation sites excluding steroid dienone is 4. The summed E-state index contributed by atoms with van der Waals surface area (Å²) < 4.78 is 23.7. The molecule has 2 aromatic rings. The molecule has 0 bridgehead atoms. The minimum Gasteiger partial charge on any atom is -0.494 e. The predicted molar refractivity (Wildman–Crippen MR) is 155 cm³/mol. The molecule has 0 spiro atoms. The van der Waals surface area contributed by atoms with E-state index in [1.807, 2.05) is 6.07 Å². The highest BCUT2D eigenvalue weighted by Gasteiger charge is 2.36. The summed E-state index contributed by atoms with van der Waals surface area (Å²) in [5.41, 5.74) is 10.2. The van der Waals surface area contributed by atoms with E-state index in [4.69, 9.17) is 4.74 Å². The molecule has 2 heterocycles. The lowest BCUT2D eigenvalue weighted by Crippen LogP contribution is -2.27. The number of carbonyl (C=O) groups is 1. The zero-order chi connectivity index (χ0) is 26.9. The zero-order valence-corrected chi connectivity index (χ0v) is 23.7. The van der Waals surface area contributed by atoms with Crippen molar-refractivity contribution < 1.29 is 13.9 Å². The molecule has 196 valence electrons. The van der Waals surface area contributed by atoms with E-state index in [-0.39, 0.29) is 17.8 Å². The molecule has 4 rings (SSSR count). The van der Waals surface area contributed by atoms with Gasteiger partial charge in [-0.15, -0.1) is 0 Å². The largest absolute Gasteiger partial charge is 0.494 e. The second-order valence-corrected chi connectivity index (χ2v) is 10.7. The van der Waals surface area contributed by atoms with Crippen LogP contribution < -0.4 is 4.31 Å².